The Morgan fingerprint density at radius 1 is 0.469 bits per heavy atom. The average molecular weight is 1320 g/mol. The number of halogens is 6. The van der Waals surface area contributed by atoms with Crippen molar-refractivity contribution < 1.29 is 73.9 Å². The van der Waals surface area contributed by atoms with Gasteiger partial charge in [0, 0.05) is 114 Å². The van der Waals surface area contributed by atoms with Crippen LogP contribution >= 0.6 is 0 Å². The van der Waals surface area contributed by atoms with E-state index in [2.05, 4.69) is 30.4 Å². The first-order chi connectivity index (χ1) is 46.0. The van der Waals surface area contributed by atoms with E-state index < -0.39 is 35.3 Å². The Kier molecular flexibility index (Phi) is 20.4. The summed E-state index contributed by atoms with van der Waals surface area (Å²) in [6.45, 7) is 12.1. The van der Waals surface area contributed by atoms with E-state index in [-0.39, 0.29) is 49.6 Å². The number of hydrogen-bond acceptors (Lipinski definition) is 16. The fourth-order valence-corrected chi connectivity index (χ4v) is 10.9. The standard InChI is InChI=1S/2C35H34F3N5O5/c2*1-23-17-28(41(2)21-33(44)43-15-13-42(14-16-43)20-24-3-10-30-31(18-24)47-22-46-30)9-11-29(23)48-32-12-8-27(19-39-32)40-34(45)25-4-6-26(7-5-25)35(36,37)38/h2*3-12,17-19H,13-16,20-22H2,1-2H3,(H,40,45). The topological polar surface area (TPSA) is 193 Å². The van der Waals surface area contributed by atoms with E-state index >= 15 is 0 Å². The van der Waals surface area contributed by atoms with Crippen LogP contribution in [0.5, 0.6) is 46.3 Å². The minimum absolute atomic E-state index is 0.0629. The highest BCUT2D eigenvalue weighted by atomic mass is 19.4. The lowest BCUT2D eigenvalue weighted by atomic mass is 10.1. The van der Waals surface area contributed by atoms with Crippen molar-refractivity contribution in [3.8, 4) is 46.3 Å². The van der Waals surface area contributed by atoms with Gasteiger partial charge in [-0.05, 0) is 157 Å². The van der Waals surface area contributed by atoms with E-state index in [1.54, 1.807) is 24.3 Å². The fraction of sp³-hybridized carbons (Fsp3) is 0.286. The van der Waals surface area contributed by atoms with E-state index in [0.717, 1.165) is 144 Å². The van der Waals surface area contributed by atoms with Crippen molar-refractivity contribution in [1.29, 1.82) is 0 Å². The Hall–Kier alpha value is -10.6. The van der Waals surface area contributed by atoms with Gasteiger partial charge in [-0.25, -0.2) is 9.97 Å². The molecule has 0 spiro atoms. The Morgan fingerprint density at radius 2 is 0.844 bits per heavy atom. The molecule has 0 radical (unpaired) electrons. The number of fused-ring (bicyclic) bond motifs is 2. The molecule has 2 N–H and O–H groups in total. The first kappa shape index (κ1) is 66.8. The zero-order valence-electron chi connectivity index (χ0n) is 52.8. The molecule has 96 heavy (non-hydrogen) atoms. The monoisotopic (exact) mass is 1320 g/mol. The fourth-order valence-electron chi connectivity index (χ4n) is 10.9. The van der Waals surface area contributed by atoms with E-state index in [9.17, 15) is 45.5 Å². The SMILES string of the molecule is Cc1cc(N(C)CC(=O)N2CCN(Cc3ccc4c(c3)OCO4)CC2)ccc1Oc1ccc(NC(=O)c2ccc(C(F)(F)F)cc2)cn1.Cc1cc(N(C)CC(=O)N2CCN(Cc3ccc4c(c3)OCO4)CC2)ccc1Oc1ccc(NC(=O)c2ccc(C(F)(F)F)cc2)cn1. The average Bonchev–Trinajstić information content (AvgIpc) is 1.45. The number of likely N-dealkylation sites (N-methyl/N-ethyl adjacent to an activating group) is 2. The second kappa shape index (κ2) is 29.4. The summed E-state index contributed by atoms with van der Waals surface area (Å²) in [5, 5.41) is 5.22. The van der Waals surface area contributed by atoms with Gasteiger partial charge in [-0.2, -0.15) is 26.3 Å². The number of carbonyl (C=O) groups is 4. The third kappa shape index (κ3) is 17.2. The number of amides is 4. The molecule has 4 aliphatic heterocycles. The van der Waals surface area contributed by atoms with Crippen molar-refractivity contribution in [3.63, 3.8) is 0 Å². The van der Waals surface area contributed by atoms with E-state index in [1.807, 2.05) is 120 Å². The van der Waals surface area contributed by atoms with Gasteiger partial charge in [-0.1, -0.05) is 12.1 Å². The van der Waals surface area contributed by atoms with Crippen LogP contribution in [-0.4, -0.2) is 146 Å². The molecular formula is C70H68F6N10O10. The summed E-state index contributed by atoms with van der Waals surface area (Å²) in [6, 6.07) is 37.5. The van der Waals surface area contributed by atoms with Crippen molar-refractivity contribution in [2.45, 2.75) is 39.3 Å². The first-order valence-corrected chi connectivity index (χ1v) is 30.7. The first-order valence-electron chi connectivity index (χ1n) is 30.7. The van der Waals surface area contributed by atoms with Crippen LogP contribution in [-0.2, 0) is 35.0 Å². The minimum Gasteiger partial charge on any atom is -0.454 e. The van der Waals surface area contributed by atoms with Gasteiger partial charge in [-0.15, -0.1) is 0 Å². The molecule has 20 nitrogen and oxygen atoms in total. The van der Waals surface area contributed by atoms with Gasteiger partial charge in [0.05, 0.1) is 48.0 Å². The third-order valence-corrected chi connectivity index (χ3v) is 16.4. The van der Waals surface area contributed by atoms with Gasteiger partial charge in [0.1, 0.15) is 11.5 Å². The number of aryl methyl sites for hydroxylation is 2. The van der Waals surface area contributed by atoms with E-state index in [0.29, 0.717) is 60.8 Å². The Morgan fingerprint density at radius 3 is 1.19 bits per heavy atom. The van der Waals surface area contributed by atoms with Crippen LogP contribution in [0.1, 0.15) is 54.1 Å². The minimum atomic E-state index is -4.48. The number of ether oxygens (including phenoxy) is 6. The molecule has 0 unspecified atom stereocenters. The van der Waals surface area contributed by atoms with Gasteiger partial charge in [0.15, 0.2) is 23.0 Å². The predicted octanol–water partition coefficient (Wildman–Crippen LogP) is 11.9. The summed E-state index contributed by atoms with van der Waals surface area (Å²) in [5.41, 5.74) is 4.94. The molecule has 0 saturated carbocycles. The number of pyridine rings is 2. The number of nitrogens with one attached hydrogen (secondary N) is 2. The second-order valence-corrected chi connectivity index (χ2v) is 23.3. The maximum atomic E-state index is 13.1. The lowest BCUT2D eigenvalue weighted by Crippen LogP contribution is -2.50. The molecule has 8 aromatic rings. The molecule has 500 valence electrons. The molecule has 2 saturated heterocycles. The smallest absolute Gasteiger partial charge is 0.416 e. The number of piperazine rings is 2. The van der Waals surface area contributed by atoms with Gasteiger partial charge in [0.25, 0.3) is 11.8 Å². The van der Waals surface area contributed by atoms with E-state index in [1.165, 1.54) is 12.4 Å². The van der Waals surface area contributed by atoms with Crippen LogP contribution in [0.25, 0.3) is 0 Å². The molecule has 2 aromatic heterocycles. The summed E-state index contributed by atoms with van der Waals surface area (Å²) >= 11 is 0. The second-order valence-electron chi connectivity index (χ2n) is 23.3. The maximum Gasteiger partial charge on any atom is 0.416 e. The van der Waals surface area contributed by atoms with Crippen molar-refractivity contribution >= 4 is 46.4 Å². The van der Waals surface area contributed by atoms with Crippen LogP contribution in [0.3, 0.4) is 0 Å². The summed E-state index contributed by atoms with van der Waals surface area (Å²) in [4.78, 5) is 71.9. The largest absolute Gasteiger partial charge is 0.454 e. The zero-order chi connectivity index (χ0) is 67.7. The van der Waals surface area contributed by atoms with Crippen molar-refractivity contribution in [2.24, 2.45) is 0 Å². The van der Waals surface area contributed by atoms with Crippen molar-refractivity contribution in [1.82, 2.24) is 29.6 Å². The number of nitrogens with zero attached hydrogens (tertiary/aromatic N) is 8. The van der Waals surface area contributed by atoms with Crippen LogP contribution in [0.15, 0.2) is 158 Å². The summed E-state index contributed by atoms with van der Waals surface area (Å²) in [7, 11) is 3.75. The normalized spacial score (nSPS) is 14.5. The van der Waals surface area contributed by atoms with Crippen molar-refractivity contribution in [3.05, 3.63) is 202 Å². The highest BCUT2D eigenvalue weighted by Gasteiger charge is 2.32. The lowest BCUT2D eigenvalue weighted by molar-refractivity contribution is -0.138. The quantitative estimate of drug-likeness (QED) is 0.0770. The molecule has 6 aromatic carbocycles. The third-order valence-electron chi connectivity index (χ3n) is 16.4. The van der Waals surface area contributed by atoms with Gasteiger partial charge < -0.3 is 58.7 Å². The Bertz CT molecular complexity index is 3810. The molecule has 0 aliphatic carbocycles. The molecule has 26 heteroatoms. The molecule has 0 bridgehead atoms. The van der Waals surface area contributed by atoms with Gasteiger partial charge >= 0.3 is 12.4 Å². The summed E-state index contributed by atoms with van der Waals surface area (Å²) < 4.78 is 110. The van der Waals surface area contributed by atoms with Gasteiger partial charge in [-0.3, -0.25) is 29.0 Å². The number of anilines is 4. The van der Waals surface area contributed by atoms with E-state index in [4.69, 9.17) is 28.4 Å². The van der Waals surface area contributed by atoms with Gasteiger partial charge in [0.2, 0.25) is 37.2 Å². The van der Waals surface area contributed by atoms with Crippen LogP contribution < -0.4 is 48.9 Å². The molecule has 4 amide bonds. The molecule has 0 atom stereocenters. The molecule has 2 fully saturated rings. The number of alkyl halides is 6. The summed E-state index contributed by atoms with van der Waals surface area (Å²) in [6.07, 6.45) is -6.15. The molecule has 12 rings (SSSR count). The lowest BCUT2D eigenvalue weighted by Gasteiger charge is -2.35. The zero-order valence-corrected chi connectivity index (χ0v) is 52.8. The maximum absolute atomic E-state index is 13.1. The number of aromatic nitrogens is 2. The molecular weight excluding hydrogens is 1250 g/mol. The number of rotatable bonds is 18. The van der Waals surface area contributed by atoms with Crippen molar-refractivity contribution in [2.75, 3.05) is 114 Å². The number of benzene rings is 6. The number of hydrogen-bond donors (Lipinski definition) is 2. The highest BCUT2D eigenvalue weighted by molar-refractivity contribution is 6.05. The summed E-state index contributed by atoms with van der Waals surface area (Å²) in [5.74, 6) is 3.82. The Balaban J connectivity index is 0.000000195. The number of carbonyl (C=O) groups excluding carboxylic acids is 4. The highest BCUT2D eigenvalue weighted by Crippen LogP contribution is 2.36. The predicted molar refractivity (Wildman–Crippen MR) is 345 cm³/mol. The Labute approximate surface area is 549 Å². The molecule has 6 heterocycles. The molecule has 4 aliphatic rings. The van der Waals surface area contributed by atoms with Crippen LogP contribution in [0.4, 0.5) is 49.1 Å². The van der Waals surface area contributed by atoms with Crippen LogP contribution in [0, 0.1) is 13.8 Å². The van der Waals surface area contributed by atoms with Crippen LogP contribution in [0.2, 0.25) is 0 Å².